The molecule has 0 radical (unpaired) electrons. The summed E-state index contributed by atoms with van der Waals surface area (Å²) in [5.74, 6) is 0. The number of unbranched alkanes of at least 4 members (excludes halogenated alkanes) is 2. The third-order valence-electron chi connectivity index (χ3n) is 3.47. The minimum Gasteiger partial charge on any atom is -0.365 e. The number of aliphatic imine (C=N–C) groups is 1. The Kier molecular flexibility index (Phi) is 9.72. The van der Waals surface area contributed by atoms with Gasteiger partial charge in [0.2, 0.25) is 0 Å². The van der Waals surface area contributed by atoms with Crippen LogP contribution in [0.5, 0.6) is 0 Å². The second-order valence-corrected chi connectivity index (χ2v) is 6.50. The van der Waals surface area contributed by atoms with E-state index in [1.54, 1.807) is 11.8 Å². The lowest BCUT2D eigenvalue weighted by atomic mass is 10.3. The van der Waals surface area contributed by atoms with E-state index in [1.165, 1.54) is 6.42 Å². The van der Waals surface area contributed by atoms with Crippen molar-refractivity contribution in [1.82, 2.24) is 15.3 Å². The Morgan fingerprint density at radius 3 is 2.42 bits per heavy atom. The van der Waals surface area contributed by atoms with Crippen molar-refractivity contribution in [2.45, 2.75) is 51.5 Å². The Hall–Kier alpha value is -1.33. The number of nitrogens with one attached hydrogen (secondary N) is 1. The quantitative estimate of drug-likeness (QED) is 0.324. The maximum atomic E-state index is 4.75. The molecule has 2 aromatic rings. The number of hydrogen-bond acceptors (Lipinski definition) is 4. The summed E-state index contributed by atoms with van der Waals surface area (Å²) in [5, 5.41) is 5.34. The van der Waals surface area contributed by atoms with Gasteiger partial charge in [-0.15, -0.1) is 12.4 Å². The fourth-order valence-electron chi connectivity index (χ4n) is 2.10. The van der Waals surface area contributed by atoms with Crippen LogP contribution in [0.3, 0.4) is 0 Å². The van der Waals surface area contributed by atoms with Crippen LogP contribution in [0.15, 0.2) is 34.3 Å². The van der Waals surface area contributed by atoms with Crippen molar-refractivity contribution in [1.29, 1.82) is 0 Å². The van der Waals surface area contributed by atoms with E-state index in [4.69, 9.17) is 9.98 Å². The number of thioether (sulfide) groups is 1. The first-order chi connectivity index (χ1) is 11.2. The van der Waals surface area contributed by atoms with Gasteiger partial charge in [-0.1, -0.05) is 38.8 Å². The summed E-state index contributed by atoms with van der Waals surface area (Å²) in [7, 11) is 0. The summed E-state index contributed by atoms with van der Waals surface area (Å²) < 4.78 is 0. The first-order valence-corrected chi connectivity index (χ1v) is 9.25. The molecule has 0 aliphatic rings. The van der Waals surface area contributed by atoms with Crippen LogP contribution in [0.2, 0.25) is 0 Å². The van der Waals surface area contributed by atoms with Gasteiger partial charge in [-0.25, -0.2) is 9.97 Å². The van der Waals surface area contributed by atoms with Crippen LogP contribution in [-0.2, 0) is 0 Å². The van der Waals surface area contributed by atoms with E-state index in [0.717, 1.165) is 59.3 Å². The van der Waals surface area contributed by atoms with Crippen LogP contribution >= 0.6 is 24.2 Å². The zero-order valence-corrected chi connectivity index (χ0v) is 16.3. The van der Waals surface area contributed by atoms with E-state index in [-0.39, 0.29) is 12.4 Å². The SMILES string of the molecule is CCCCN=C(NCCCC)Sc1nc2ccccc2nc1C.Cl. The molecule has 1 heterocycles. The average molecular weight is 367 g/mol. The standard InChI is InChI=1S/C18H26N4S.ClH/c1-4-6-12-19-18(20-13-7-5-2)23-17-14(3)21-15-10-8-9-11-16(15)22-17;/h8-11H,4-7,12-13H2,1-3H3,(H,19,20);1H. The molecule has 0 saturated heterocycles. The van der Waals surface area contributed by atoms with Crippen LogP contribution in [0, 0.1) is 6.92 Å². The molecule has 1 aromatic heterocycles. The van der Waals surface area contributed by atoms with Crippen molar-refractivity contribution in [3.8, 4) is 0 Å². The lowest BCUT2D eigenvalue weighted by molar-refractivity contribution is 0.751. The summed E-state index contributed by atoms with van der Waals surface area (Å²) in [6, 6.07) is 7.99. The molecular formula is C18H27ClN4S. The molecular weight excluding hydrogens is 340 g/mol. The topological polar surface area (TPSA) is 50.2 Å². The number of aromatic nitrogens is 2. The van der Waals surface area contributed by atoms with E-state index >= 15 is 0 Å². The minimum atomic E-state index is 0. The maximum Gasteiger partial charge on any atom is 0.163 e. The number of halogens is 1. The predicted molar refractivity (Wildman–Crippen MR) is 108 cm³/mol. The van der Waals surface area contributed by atoms with Crippen LogP contribution in [0.4, 0.5) is 0 Å². The molecule has 6 heteroatoms. The zero-order chi connectivity index (χ0) is 16.5. The van der Waals surface area contributed by atoms with Gasteiger partial charge in [0.15, 0.2) is 5.17 Å². The van der Waals surface area contributed by atoms with Gasteiger partial charge >= 0.3 is 0 Å². The third-order valence-corrected chi connectivity index (χ3v) is 4.52. The third kappa shape index (κ3) is 6.29. The fraction of sp³-hybridized carbons (Fsp3) is 0.500. The van der Waals surface area contributed by atoms with Crippen molar-refractivity contribution in [3.05, 3.63) is 30.0 Å². The number of aryl methyl sites for hydroxylation is 1. The van der Waals surface area contributed by atoms with Crippen LogP contribution in [0.25, 0.3) is 11.0 Å². The summed E-state index contributed by atoms with van der Waals surface area (Å²) >= 11 is 1.60. The van der Waals surface area contributed by atoms with E-state index in [0.29, 0.717) is 0 Å². The molecule has 132 valence electrons. The Balaban J connectivity index is 0.00000288. The molecule has 24 heavy (non-hydrogen) atoms. The molecule has 1 aromatic carbocycles. The Morgan fingerprint density at radius 2 is 1.75 bits per heavy atom. The fourth-order valence-corrected chi connectivity index (χ4v) is 2.95. The highest BCUT2D eigenvalue weighted by Gasteiger charge is 2.09. The van der Waals surface area contributed by atoms with Gasteiger partial charge in [-0.05, 0) is 43.7 Å². The molecule has 0 bridgehead atoms. The molecule has 0 atom stereocenters. The number of fused-ring (bicyclic) bond motifs is 1. The molecule has 0 saturated carbocycles. The number of rotatable bonds is 7. The van der Waals surface area contributed by atoms with Crippen molar-refractivity contribution < 1.29 is 0 Å². The summed E-state index contributed by atoms with van der Waals surface area (Å²) in [5.41, 5.74) is 2.83. The normalized spacial score (nSPS) is 11.4. The average Bonchev–Trinajstić information content (AvgIpc) is 2.55. The molecule has 0 unspecified atom stereocenters. The van der Waals surface area contributed by atoms with E-state index in [2.05, 4.69) is 24.1 Å². The van der Waals surface area contributed by atoms with Crippen molar-refractivity contribution in [2.75, 3.05) is 13.1 Å². The molecule has 0 amide bonds. The summed E-state index contributed by atoms with van der Waals surface area (Å²) in [6.45, 7) is 8.21. The summed E-state index contributed by atoms with van der Waals surface area (Å²) in [6.07, 6.45) is 4.59. The molecule has 2 rings (SSSR count). The highest BCUT2D eigenvalue weighted by atomic mass is 35.5. The molecule has 0 aliphatic heterocycles. The molecule has 0 aliphatic carbocycles. The first kappa shape index (κ1) is 20.7. The van der Waals surface area contributed by atoms with Gasteiger partial charge in [0, 0.05) is 13.1 Å². The van der Waals surface area contributed by atoms with E-state index < -0.39 is 0 Å². The lowest BCUT2D eigenvalue weighted by Gasteiger charge is -2.11. The highest BCUT2D eigenvalue weighted by molar-refractivity contribution is 8.13. The van der Waals surface area contributed by atoms with E-state index in [9.17, 15) is 0 Å². The maximum absolute atomic E-state index is 4.75. The Morgan fingerprint density at radius 1 is 1.08 bits per heavy atom. The second-order valence-electron chi connectivity index (χ2n) is 5.53. The van der Waals surface area contributed by atoms with Crippen LogP contribution < -0.4 is 5.32 Å². The molecule has 0 fully saturated rings. The van der Waals surface area contributed by atoms with Gasteiger partial charge in [-0.3, -0.25) is 4.99 Å². The largest absolute Gasteiger partial charge is 0.365 e. The number of hydrogen-bond donors (Lipinski definition) is 1. The first-order valence-electron chi connectivity index (χ1n) is 8.44. The van der Waals surface area contributed by atoms with Crippen molar-refractivity contribution >= 4 is 40.4 Å². The van der Waals surface area contributed by atoms with Crippen molar-refractivity contribution in [3.63, 3.8) is 0 Å². The number of benzene rings is 1. The van der Waals surface area contributed by atoms with Gasteiger partial charge in [-0.2, -0.15) is 0 Å². The minimum absolute atomic E-state index is 0. The monoisotopic (exact) mass is 366 g/mol. The van der Waals surface area contributed by atoms with Crippen LogP contribution in [0.1, 0.15) is 45.2 Å². The smallest absolute Gasteiger partial charge is 0.163 e. The summed E-state index contributed by atoms with van der Waals surface area (Å²) in [4.78, 5) is 14.1. The number of nitrogens with zero attached hydrogens (tertiary/aromatic N) is 3. The van der Waals surface area contributed by atoms with Gasteiger partial charge in [0.25, 0.3) is 0 Å². The Bertz CT molecular complexity index is 661. The Labute approximate surface area is 155 Å². The van der Waals surface area contributed by atoms with Gasteiger partial charge in [0.1, 0.15) is 5.03 Å². The van der Waals surface area contributed by atoms with Gasteiger partial charge in [0.05, 0.1) is 16.7 Å². The number of para-hydroxylation sites is 2. The second kappa shape index (κ2) is 11.3. The van der Waals surface area contributed by atoms with Crippen molar-refractivity contribution in [2.24, 2.45) is 4.99 Å². The molecule has 0 spiro atoms. The highest BCUT2D eigenvalue weighted by Crippen LogP contribution is 2.22. The van der Waals surface area contributed by atoms with Crippen LogP contribution in [-0.4, -0.2) is 28.2 Å². The lowest BCUT2D eigenvalue weighted by Crippen LogP contribution is -2.22. The zero-order valence-electron chi connectivity index (χ0n) is 14.7. The van der Waals surface area contributed by atoms with Gasteiger partial charge < -0.3 is 5.32 Å². The van der Waals surface area contributed by atoms with E-state index in [1.807, 2.05) is 31.2 Å². The predicted octanol–water partition coefficient (Wildman–Crippen LogP) is 5.00. The molecule has 4 nitrogen and oxygen atoms in total. The number of amidine groups is 1. The molecule has 1 N–H and O–H groups in total.